The van der Waals surface area contributed by atoms with Crippen molar-refractivity contribution in [3.8, 4) is 11.9 Å². The van der Waals surface area contributed by atoms with Crippen LogP contribution < -0.4 is 21.7 Å². The van der Waals surface area contributed by atoms with E-state index in [4.69, 9.17) is 19.9 Å². The van der Waals surface area contributed by atoms with Crippen molar-refractivity contribution in [2.75, 3.05) is 26.4 Å². The molecule has 4 rings (SSSR count). The van der Waals surface area contributed by atoms with E-state index in [1.165, 1.54) is 0 Å². The van der Waals surface area contributed by atoms with Gasteiger partial charge in [-0.15, -0.1) is 0 Å². The van der Waals surface area contributed by atoms with Crippen molar-refractivity contribution in [3.63, 3.8) is 0 Å². The van der Waals surface area contributed by atoms with E-state index >= 15 is 0 Å². The Morgan fingerprint density at radius 3 is 2.39 bits per heavy atom. The molecule has 2 aliphatic heterocycles. The number of hydrogen-bond donors (Lipinski definition) is 3. The summed E-state index contributed by atoms with van der Waals surface area (Å²) in [6, 6.07) is 9.11. The Balaban J connectivity index is 0.000000320. The molecule has 1 aromatic carbocycles. The molecule has 2 aromatic rings. The summed E-state index contributed by atoms with van der Waals surface area (Å²) in [5.74, 6) is -0.900. The summed E-state index contributed by atoms with van der Waals surface area (Å²) < 4.78 is 15.9. The van der Waals surface area contributed by atoms with Crippen molar-refractivity contribution in [2.24, 2.45) is 5.73 Å². The Kier molecular flexibility index (Phi) is 6.30. The van der Waals surface area contributed by atoms with Gasteiger partial charge in [-0.3, -0.25) is 14.8 Å². The Labute approximate surface area is 167 Å². The topological polar surface area (TPSA) is 143 Å². The minimum atomic E-state index is -0.716. The molecule has 2 aliphatic rings. The van der Waals surface area contributed by atoms with Gasteiger partial charge in [-0.2, -0.15) is 5.26 Å². The molecule has 1 saturated heterocycles. The molecule has 10 heteroatoms. The molecule has 0 saturated carbocycles. The number of H-pyrrole nitrogens is 2. The number of nitrogens with two attached hydrogens (primary N) is 1. The van der Waals surface area contributed by atoms with Crippen molar-refractivity contribution < 1.29 is 14.2 Å². The molecular formula is C18H17BrN4O5. The molecule has 28 heavy (non-hydrogen) atoms. The molecule has 1 unspecified atom stereocenters. The average molecular weight is 449 g/mol. The van der Waals surface area contributed by atoms with Crippen molar-refractivity contribution in [1.82, 2.24) is 9.97 Å². The number of halogens is 1. The third-order valence-electron chi connectivity index (χ3n) is 4.04. The van der Waals surface area contributed by atoms with E-state index in [0.717, 1.165) is 30.9 Å². The van der Waals surface area contributed by atoms with Gasteiger partial charge in [-0.05, 0) is 17.7 Å². The van der Waals surface area contributed by atoms with Crippen LogP contribution in [0.1, 0.15) is 17.0 Å². The van der Waals surface area contributed by atoms with Crippen molar-refractivity contribution in [3.05, 3.63) is 72.2 Å². The predicted molar refractivity (Wildman–Crippen MR) is 103 cm³/mol. The van der Waals surface area contributed by atoms with Crippen LogP contribution in [0.4, 0.5) is 0 Å². The van der Waals surface area contributed by atoms with Crippen LogP contribution in [-0.4, -0.2) is 36.4 Å². The van der Waals surface area contributed by atoms with Crippen molar-refractivity contribution >= 4 is 15.9 Å². The number of aromatic amines is 2. The maximum Gasteiger partial charge on any atom is 0.328 e. The van der Waals surface area contributed by atoms with E-state index in [0.29, 0.717) is 5.56 Å². The zero-order chi connectivity index (χ0) is 20.1. The molecule has 3 heterocycles. The molecule has 146 valence electrons. The number of aromatic nitrogens is 2. The smallest absolute Gasteiger partial charge is 0.328 e. The van der Waals surface area contributed by atoms with Gasteiger partial charge in [0.1, 0.15) is 11.6 Å². The second kappa shape index (κ2) is 8.88. The summed E-state index contributed by atoms with van der Waals surface area (Å²) in [6.45, 7) is 3.11. The minimum Gasteiger partial charge on any atom is -0.424 e. The van der Waals surface area contributed by atoms with Gasteiger partial charge in [0.2, 0.25) is 11.8 Å². The zero-order valence-electron chi connectivity index (χ0n) is 14.7. The van der Waals surface area contributed by atoms with Crippen molar-refractivity contribution in [1.29, 1.82) is 5.26 Å². The van der Waals surface area contributed by atoms with Gasteiger partial charge in [0.05, 0.1) is 37.9 Å². The fourth-order valence-electron chi connectivity index (χ4n) is 2.85. The molecule has 9 nitrogen and oxygen atoms in total. The second-order valence-electron chi connectivity index (χ2n) is 5.86. The Bertz CT molecular complexity index is 1040. The van der Waals surface area contributed by atoms with E-state index < -0.39 is 17.2 Å². The first-order chi connectivity index (χ1) is 13.5. The van der Waals surface area contributed by atoms with Crippen LogP contribution in [0.25, 0.3) is 0 Å². The molecule has 0 bridgehead atoms. The summed E-state index contributed by atoms with van der Waals surface area (Å²) in [4.78, 5) is 28.1. The van der Waals surface area contributed by atoms with Crippen LogP contribution in [-0.2, 0) is 9.47 Å². The van der Waals surface area contributed by atoms with Gasteiger partial charge in [0, 0.05) is 4.47 Å². The number of nitrogens with one attached hydrogen (secondary N) is 2. The first kappa shape index (κ1) is 19.9. The summed E-state index contributed by atoms with van der Waals surface area (Å²) in [7, 11) is 0. The van der Waals surface area contributed by atoms with E-state index in [1.807, 2.05) is 12.1 Å². The number of allylic oxidation sites excluding steroid dienone is 1. The first-order valence-corrected chi connectivity index (χ1v) is 9.15. The van der Waals surface area contributed by atoms with Gasteiger partial charge in [-0.1, -0.05) is 28.1 Å². The molecular weight excluding hydrogens is 432 g/mol. The number of nitrogens with zero attached hydrogens (tertiary/aromatic N) is 1. The fourth-order valence-corrected chi connectivity index (χ4v) is 3.27. The van der Waals surface area contributed by atoms with Gasteiger partial charge < -0.3 is 19.9 Å². The average Bonchev–Trinajstić information content (AvgIpc) is 2.68. The van der Waals surface area contributed by atoms with Gasteiger partial charge in [0.15, 0.2) is 0 Å². The van der Waals surface area contributed by atoms with E-state index in [2.05, 4.69) is 25.9 Å². The zero-order valence-corrected chi connectivity index (χ0v) is 16.2. The van der Waals surface area contributed by atoms with Gasteiger partial charge >= 0.3 is 5.69 Å². The van der Waals surface area contributed by atoms with Crippen LogP contribution >= 0.6 is 15.9 Å². The molecule has 0 aliphatic carbocycles. The number of rotatable bonds is 1. The number of benzene rings is 1. The van der Waals surface area contributed by atoms with Crippen LogP contribution in [0.5, 0.6) is 5.88 Å². The van der Waals surface area contributed by atoms with Crippen LogP contribution in [0.2, 0.25) is 0 Å². The predicted octanol–water partition coefficient (Wildman–Crippen LogP) is 1.08. The maximum absolute atomic E-state index is 12.2. The van der Waals surface area contributed by atoms with Crippen LogP contribution in [0, 0.1) is 11.3 Å². The summed E-state index contributed by atoms with van der Waals surface area (Å²) in [6.07, 6.45) is 0. The van der Waals surface area contributed by atoms with Crippen LogP contribution in [0.3, 0.4) is 0 Å². The van der Waals surface area contributed by atoms with Crippen molar-refractivity contribution in [2.45, 2.75) is 5.92 Å². The molecule has 1 atom stereocenters. The number of nitriles is 1. The van der Waals surface area contributed by atoms with E-state index in [-0.39, 0.29) is 22.9 Å². The third-order valence-corrected chi connectivity index (χ3v) is 4.54. The van der Waals surface area contributed by atoms with E-state index in [9.17, 15) is 14.9 Å². The summed E-state index contributed by atoms with van der Waals surface area (Å²) >= 11 is 3.35. The SMILES string of the molecule is C1COCCO1.N#CC1=C(N)Oc2[nH]c(=O)[nH]c(=O)c2C1c1cccc(Br)c1. The second-order valence-corrected chi connectivity index (χ2v) is 6.77. The highest BCUT2D eigenvalue weighted by Gasteiger charge is 2.34. The minimum absolute atomic E-state index is 0.0461. The quantitative estimate of drug-likeness (QED) is 0.591. The lowest BCUT2D eigenvalue weighted by Crippen LogP contribution is -2.33. The molecule has 0 spiro atoms. The normalized spacial score (nSPS) is 18.2. The Morgan fingerprint density at radius 2 is 1.82 bits per heavy atom. The Hall–Kier alpha value is -2.87. The highest BCUT2D eigenvalue weighted by molar-refractivity contribution is 9.10. The first-order valence-electron chi connectivity index (χ1n) is 8.36. The standard InChI is InChI=1S/C14H9BrN4O3.C4H8O2/c15-7-3-1-2-6(4-7)9-8(5-16)11(17)22-13-10(9)12(20)18-14(21)19-13;1-2-6-4-3-5-1/h1-4,9H,17H2,(H2,18,19,20,21);1-4H2. The Morgan fingerprint density at radius 1 is 1.14 bits per heavy atom. The van der Waals surface area contributed by atoms with Gasteiger partial charge in [-0.25, -0.2) is 4.79 Å². The molecule has 0 radical (unpaired) electrons. The monoisotopic (exact) mass is 448 g/mol. The third kappa shape index (κ3) is 4.33. The summed E-state index contributed by atoms with van der Waals surface area (Å²) in [5, 5.41) is 9.37. The van der Waals surface area contributed by atoms with Gasteiger partial charge in [0.25, 0.3) is 5.56 Å². The number of fused-ring (bicyclic) bond motifs is 1. The lowest BCUT2D eigenvalue weighted by molar-refractivity contribution is -0.0334. The number of hydrogen-bond acceptors (Lipinski definition) is 7. The molecule has 1 fully saturated rings. The molecule has 4 N–H and O–H groups in total. The largest absolute Gasteiger partial charge is 0.424 e. The highest BCUT2D eigenvalue weighted by atomic mass is 79.9. The van der Waals surface area contributed by atoms with E-state index in [1.54, 1.807) is 18.2 Å². The summed E-state index contributed by atoms with van der Waals surface area (Å²) in [5.41, 5.74) is 5.37. The van der Waals surface area contributed by atoms with Crippen LogP contribution in [0.15, 0.2) is 49.8 Å². The lowest BCUT2D eigenvalue weighted by Gasteiger charge is -2.24. The highest BCUT2D eigenvalue weighted by Crippen LogP contribution is 2.38. The number of ether oxygens (including phenoxy) is 3. The molecule has 0 amide bonds. The maximum atomic E-state index is 12.2. The molecule has 1 aromatic heterocycles. The fraction of sp³-hybridized carbons (Fsp3) is 0.278. The lowest BCUT2D eigenvalue weighted by atomic mass is 9.85.